The Labute approximate surface area is 65.3 Å². The molecular formula is C9H21N. The van der Waals surface area contributed by atoms with E-state index in [0.29, 0.717) is 6.54 Å². The van der Waals surface area contributed by atoms with Crippen molar-refractivity contribution in [3.63, 3.8) is 0 Å². The van der Waals surface area contributed by atoms with Gasteiger partial charge in [0.2, 0.25) is 0 Å². The maximum atomic E-state index is 4.91. The van der Waals surface area contributed by atoms with Crippen LogP contribution in [0.15, 0.2) is 12.7 Å². The zero-order chi connectivity index (χ0) is 8.57. The SMILES string of the molecule is C=CCN.CC(C)C(C)C. The summed E-state index contributed by atoms with van der Waals surface area (Å²) >= 11 is 0. The predicted octanol–water partition coefficient (Wildman–Crippen LogP) is 2.43. The Hall–Kier alpha value is -0.300. The highest BCUT2D eigenvalue weighted by atomic mass is 14.5. The minimum Gasteiger partial charge on any atom is -0.327 e. The van der Waals surface area contributed by atoms with Gasteiger partial charge in [-0.1, -0.05) is 33.8 Å². The van der Waals surface area contributed by atoms with Gasteiger partial charge in [0.15, 0.2) is 0 Å². The van der Waals surface area contributed by atoms with Gasteiger partial charge in [-0.15, -0.1) is 6.58 Å². The molecule has 0 aromatic heterocycles. The molecule has 10 heavy (non-hydrogen) atoms. The van der Waals surface area contributed by atoms with Crippen LogP contribution in [0.1, 0.15) is 27.7 Å². The highest BCUT2D eigenvalue weighted by molar-refractivity contribution is 4.64. The highest BCUT2D eigenvalue weighted by Crippen LogP contribution is 2.05. The van der Waals surface area contributed by atoms with Gasteiger partial charge in [-0.3, -0.25) is 0 Å². The largest absolute Gasteiger partial charge is 0.327 e. The summed E-state index contributed by atoms with van der Waals surface area (Å²) in [6, 6.07) is 0. The van der Waals surface area contributed by atoms with Crippen LogP contribution in [0.2, 0.25) is 0 Å². The number of nitrogens with two attached hydrogens (primary N) is 1. The minimum absolute atomic E-state index is 0.583. The highest BCUT2D eigenvalue weighted by Gasteiger charge is 1.95. The molecule has 0 aliphatic carbocycles. The fourth-order valence-electron chi connectivity index (χ4n) is 0. The summed E-state index contributed by atoms with van der Waals surface area (Å²) < 4.78 is 0. The molecule has 0 spiro atoms. The molecule has 2 N–H and O–H groups in total. The zero-order valence-corrected chi connectivity index (χ0v) is 7.72. The Morgan fingerprint density at radius 1 is 1.20 bits per heavy atom. The Morgan fingerprint density at radius 2 is 1.40 bits per heavy atom. The van der Waals surface area contributed by atoms with E-state index in [1.54, 1.807) is 6.08 Å². The van der Waals surface area contributed by atoms with Gasteiger partial charge in [-0.2, -0.15) is 0 Å². The van der Waals surface area contributed by atoms with E-state index >= 15 is 0 Å². The molecule has 0 aromatic rings. The molecule has 0 bridgehead atoms. The van der Waals surface area contributed by atoms with Crippen LogP contribution in [0.4, 0.5) is 0 Å². The standard InChI is InChI=1S/C6H14.C3H7N/c1-5(2)6(3)4;1-2-3-4/h5-6H,1-4H3;2H,1,3-4H2. The Kier molecular flexibility index (Phi) is 10.8. The zero-order valence-electron chi connectivity index (χ0n) is 7.72. The summed E-state index contributed by atoms with van der Waals surface area (Å²) in [6.07, 6.45) is 1.65. The van der Waals surface area contributed by atoms with Gasteiger partial charge in [0.05, 0.1) is 0 Å². The third-order valence-corrected chi connectivity index (χ3v) is 1.50. The fraction of sp³-hybridized carbons (Fsp3) is 0.778. The first-order chi connectivity index (χ1) is 4.56. The molecule has 0 unspecified atom stereocenters. The van der Waals surface area contributed by atoms with Crippen molar-refractivity contribution < 1.29 is 0 Å². The van der Waals surface area contributed by atoms with Crippen molar-refractivity contribution in [2.75, 3.05) is 6.54 Å². The summed E-state index contributed by atoms with van der Waals surface area (Å²) in [4.78, 5) is 0. The molecule has 0 amide bonds. The molecular weight excluding hydrogens is 122 g/mol. The number of rotatable bonds is 2. The van der Waals surface area contributed by atoms with Crippen molar-refractivity contribution in [3.05, 3.63) is 12.7 Å². The van der Waals surface area contributed by atoms with E-state index in [1.165, 1.54) is 0 Å². The second-order valence-electron chi connectivity index (χ2n) is 3.01. The van der Waals surface area contributed by atoms with Crippen molar-refractivity contribution in [1.82, 2.24) is 0 Å². The van der Waals surface area contributed by atoms with Crippen LogP contribution in [0.3, 0.4) is 0 Å². The van der Waals surface area contributed by atoms with Crippen molar-refractivity contribution in [2.45, 2.75) is 27.7 Å². The summed E-state index contributed by atoms with van der Waals surface area (Å²) in [7, 11) is 0. The lowest BCUT2D eigenvalue weighted by Crippen LogP contribution is -1.95. The van der Waals surface area contributed by atoms with Crippen LogP contribution in [0.25, 0.3) is 0 Å². The van der Waals surface area contributed by atoms with E-state index in [1.807, 2.05) is 0 Å². The Balaban J connectivity index is 0. The van der Waals surface area contributed by atoms with Gasteiger partial charge < -0.3 is 5.73 Å². The second-order valence-corrected chi connectivity index (χ2v) is 3.01. The van der Waals surface area contributed by atoms with Crippen LogP contribution in [0, 0.1) is 11.8 Å². The monoisotopic (exact) mass is 143 g/mol. The van der Waals surface area contributed by atoms with Gasteiger partial charge in [-0.25, -0.2) is 0 Å². The lowest BCUT2D eigenvalue weighted by Gasteiger charge is -2.05. The molecule has 0 heterocycles. The predicted molar refractivity (Wildman–Crippen MR) is 48.9 cm³/mol. The van der Waals surface area contributed by atoms with E-state index in [9.17, 15) is 0 Å². The van der Waals surface area contributed by atoms with Crippen molar-refractivity contribution >= 4 is 0 Å². The quantitative estimate of drug-likeness (QED) is 0.590. The maximum absolute atomic E-state index is 4.91. The van der Waals surface area contributed by atoms with Crippen LogP contribution >= 0.6 is 0 Å². The van der Waals surface area contributed by atoms with E-state index in [2.05, 4.69) is 34.3 Å². The summed E-state index contributed by atoms with van der Waals surface area (Å²) in [5, 5.41) is 0. The number of hydrogen-bond acceptors (Lipinski definition) is 1. The Morgan fingerprint density at radius 3 is 1.40 bits per heavy atom. The molecule has 0 aromatic carbocycles. The van der Waals surface area contributed by atoms with Gasteiger partial charge in [0.25, 0.3) is 0 Å². The average Bonchev–Trinajstić information content (AvgIpc) is 1.89. The van der Waals surface area contributed by atoms with Crippen molar-refractivity contribution in [3.8, 4) is 0 Å². The summed E-state index contributed by atoms with van der Waals surface area (Å²) in [5.41, 5.74) is 4.91. The molecule has 62 valence electrons. The topological polar surface area (TPSA) is 26.0 Å². The lowest BCUT2D eigenvalue weighted by molar-refractivity contribution is 0.457. The van der Waals surface area contributed by atoms with Crippen molar-refractivity contribution in [1.29, 1.82) is 0 Å². The van der Waals surface area contributed by atoms with E-state index < -0.39 is 0 Å². The molecule has 0 saturated heterocycles. The minimum atomic E-state index is 0.583. The third-order valence-electron chi connectivity index (χ3n) is 1.50. The molecule has 0 fully saturated rings. The normalized spacial score (nSPS) is 9.10. The van der Waals surface area contributed by atoms with Crippen LogP contribution in [-0.2, 0) is 0 Å². The lowest BCUT2D eigenvalue weighted by atomic mass is 10.0. The van der Waals surface area contributed by atoms with Crippen LogP contribution < -0.4 is 5.73 Å². The fourth-order valence-corrected chi connectivity index (χ4v) is 0. The molecule has 1 heteroatoms. The van der Waals surface area contributed by atoms with Gasteiger partial charge in [-0.05, 0) is 11.8 Å². The first-order valence-electron chi connectivity index (χ1n) is 3.87. The smallest absolute Gasteiger partial charge is 0.0104 e. The first kappa shape index (κ1) is 12.4. The van der Waals surface area contributed by atoms with Crippen LogP contribution in [0.5, 0.6) is 0 Å². The van der Waals surface area contributed by atoms with E-state index in [4.69, 9.17) is 5.73 Å². The van der Waals surface area contributed by atoms with E-state index in [0.717, 1.165) is 11.8 Å². The summed E-state index contributed by atoms with van der Waals surface area (Å²) in [6.45, 7) is 12.9. The Bertz CT molecular complexity index is 59.1. The maximum Gasteiger partial charge on any atom is 0.0104 e. The van der Waals surface area contributed by atoms with Gasteiger partial charge in [0, 0.05) is 6.54 Å². The second kappa shape index (κ2) is 8.70. The molecule has 0 aliphatic heterocycles. The number of hydrogen-bond donors (Lipinski definition) is 1. The molecule has 0 rings (SSSR count). The van der Waals surface area contributed by atoms with Gasteiger partial charge in [0.1, 0.15) is 0 Å². The molecule has 0 radical (unpaired) electrons. The molecule has 0 aliphatic rings. The summed E-state index contributed by atoms with van der Waals surface area (Å²) in [5.74, 6) is 1.70. The van der Waals surface area contributed by atoms with Crippen molar-refractivity contribution in [2.24, 2.45) is 17.6 Å². The average molecular weight is 143 g/mol. The molecule has 1 nitrogen and oxygen atoms in total. The molecule has 0 saturated carbocycles. The van der Waals surface area contributed by atoms with Crippen LogP contribution in [-0.4, -0.2) is 6.54 Å². The molecule has 0 atom stereocenters. The first-order valence-corrected chi connectivity index (χ1v) is 3.87. The third kappa shape index (κ3) is 15.6. The van der Waals surface area contributed by atoms with E-state index in [-0.39, 0.29) is 0 Å². The van der Waals surface area contributed by atoms with Gasteiger partial charge >= 0.3 is 0 Å².